The van der Waals surface area contributed by atoms with Gasteiger partial charge >= 0.3 is 0 Å². The molecule has 0 radical (unpaired) electrons. The first-order valence-corrected chi connectivity index (χ1v) is 6.86. The Balaban J connectivity index is 2.60. The highest BCUT2D eigenvalue weighted by Crippen LogP contribution is 2.32. The molecule has 0 spiro atoms. The summed E-state index contributed by atoms with van der Waals surface area (Å²) in [6, 6.07) is 3.26. The molecule has 1 aromatic heterocycles. The predicted molar refractivity (Wildman–Crippen MR) is 75.2 cm³/mol. The fourth-order valence-corrected chi connectivity index (χ4v) is 2.47. The Labute approximate surface area is 115 Å². The number of nitrogens with one attached hydrogen (secondary N) is 1. The number of rotatable bonds is 4. The van der Waals surface area contributed by atoms with E-state index in [0.29, 0.717) is 22.5 Å². The van der Waals surface area contributed by atoms with E-state index < -0.39 is 0 Å². The summed E-state index contributed by atoms with van der Waals surface area (Å²) in [5, 5.41) is 4.09. The van der Waals surface area contributed by atoms with Gasteiger partial charge in [0.2, 0.25) is 0 Å². The van der Waals surface area contributed by atoms with Gasteiger partial charge in [-0.2, -0.15) is 0 Å². The van der Waals surface area contributed by atoms with E-state index in [-0.39, 0.29) is 5.82 Å². The SMILES string of the molecule is CNCc1oc2cc(F)c(Br)cc2c1CC(C)C. The lowest BCUT2D eigenvalue weighted by Gasteiger charge is -2.05. The summed E-state index contributed by atoms with van der Waals surface area (Å²) in [4.78, 5) is 0. The first-order chi connectivity index (χ1) is 8.52. The largest absolute Gasteiger partial charge is 0.459 e. The summed E-state index contributed by atoms with van der Waals surface area (Å²) in [6.45, 7) is 5.00. The molecule has 0 bridgehead atoms. The predicted octanol–water partition coefficient (Wildman–Crippen LogP) is 4.25. The van der Waals surface area contributed by atoms with Crippen molar-refractivity contribution in [1.29, 1.82) is 0 Å². The molecule has 0 aliphatic carbocycles. The van der Waals surface area contributed by atoms with Crippen molar-refractivity contribution in [1.82, 2.24) is 5.32 Å². The van der Waals surface area contributed by atoms with Gasteiger partial charge in [-0.1, -0.05) is 13.8 Å². The number of hydrogen-bond donors (Lipinski definition) is 1. The van der Waals surface area contributed by atoms with Gasteiger partial charge in [0.15, 0.2) is 0 Å². The van der Waals surface area contributed by atoms with Crippen LogP contribution in [-0.4, -0.2) is 7.05 Å². The zero-order valence-electron chi connectivity index (χ0n) is 10.8. The molecule has 4 heteroatoms. The molecule has 1 N–H and O–H groups in total. The van der Waals surface area contributed by atoms with Crippen LogP contribution in [0.4, 0.5) is 4.39 Å². The molecule has 0 saturated carbocycles. The number of furan rings is 1. The van der Waals surface area contributed by atoms with Crippen LogP contribution in [0, 0.1) is 11.7 Å². The van der Waals surface area contributed by atoms with Crippen LogP contribution in [0.25, 0.3) is 11.0 Å². The lowest BCUT2D eigenvalue weighted by Crippen LogP contribution is -2.07. The minimum Gasteiger partial charge on any atom is -0.459 e. The summed E-state index contributed by atoms with van der Waals surface area (Å²) >= 11 is 3.23. The Hall–Kier alpha value is -0.870. The van der Waals surface area contributed by atoms with Crippen LogP contribution in [0.3, 0.4) is 0 Å². The van der Waals surface area contributed by atoms with Gasteiger partial charge in [0.25, 0.3) is 0 Å². The molecule has 0 unspecified atom stereocenters. The van der Waals surface area contributed by atoms with Crippen molar-refractivity contribution in [2.45, 2.75) is 26.8 Å². The summed E-state index contributed by atoms with van der Waals surface area (Å²) in [6.07, 6.45) is 0.933. The number of hydrogen-bond acceptors (Lipinski definition) is 2. The lowest BCUT2D eigenvalue weighted by molar-refractivity contribution is 0.513. The van der Waals surface area contributed by atoms with E-state index >= 15 is 0 Å². The van der Waals surface area contributed by atoms with Crippen molar-refractivity contribution in [3.05, 3.63) is 33.7 Å². The van der Waals surface area contributed by atoms with Crippen LogP contribution in [0.15, 0.2) is 21.0 Å². The van der Waals surface area contributed by atoms with Crippen molar-refractivity contribution >= 4 is 26.9 Å². The molecule has 0 aliphatic heterocycles. The van der Waals surface area contributed by atoms with Crippen LogP contribution in [0.1, 0.15) is 25.2 Å². The van der Waals surface area contributed by atoms with Gasteiger partial charge in [0.05, 0.1) is 11.0 Å². The summed E-state index contributed by atoms with van der Waals surface area (Å²) < 4.78 is 19.8. The Kier molecular flexibility index (Phi) is 4.07. The molecule has 0 saturated heterocycles. The van der Waals surface area contributed by atoms with E-state index in [4.69, 9.17) is 4.42 Å². The molecule has 2 rings (SSSR count). The molecule has 2 nitrogen and oxygen atoms in total. The Morgan fingerprint density at radius 1 is 1.39 bits per heavy atom. The number of benzene rings is 1. The van der Waals surface area contributed by atoms with Crippen LogP contribution in [0.5, 0.6) is 0 Å². The van der Waals surface area contributed by atoms with E-state index in [1.54, 1.807) is 0 Å². The van der Waals surface area contributed by atoms with Gasteiger partial charge in [0.1, 0.15) is 17.2 Å². The first-order valence-electron chi connectivity index (χ1n) is 6.06. The van der Waals surface area contributed by atoms with Crippen molar-refractivity contribution in [3.63, 3.8) is 0 Å². The minimum atomic E-state index is -0.289. The van der Waals surface area contributed by atoms with Gasteiger partial charge in [-0.15, -0.1) is 0 Å². The van der Waals surface area contributed by atoms with E-state index in [9.17, 15) is 4.39 Å². The molecule has 0 amide bonds. The zero-order chi connectivity index (χ0) is 13.3. The molecule has 18 heavy (non-hydrogen) atoms. The average Bonchev–Trinajstić information content (AvgIpc) is 2.58. The Bertz CT molecular complexity index is 562. The second-order valence-corrected chi connectivity index (χ2v) is 5.75. The van der Waals surface area contributed by atoms with E-state index in [1.807, 2.05) is 13.1 Å². The molecule has 0 atom stereocenters. The third kappa shape index (κ3) is 2.59. The minimum absolute atomic E-state index is 0.289. The maximum Gasteiger partial charge on any atom is 0.141 e. The standard InChI is InChI=1S/C14H17BrFNO/c1-8(2)4-9-10-5-11(15)12(16)6-13(10)18-14(9)7-17-3/h5-6,8,17H,4,7H2,1-3H3. The normalized spacial score (nSPS) is 11.7. The molecule has 2 aromatic rings. The van der Waals surface area contributed by atoms with Crippen LogP contribution < -0.4 is 5.32 Å². The molecule has 0 aliphatic rings. The van der Waals surface area contributed by atoms with E-state index in [1.165, 1.54) is 11.6 Å². The third-order valence-corrected chi connectivity index (χ3v) is 3.47. The van der Waals surface area contributed by atoms with Gasteiger partial charge < -0.3 is 9.73 Å². The highest BCUT2D eigenvalue weighted by atomic mass is 79.9. The van der Waals surface area contributed by atoms with Crippen LogP contribution in [-0.2, 0) is 13.0 Å². The van der Waals surface area contributed by atoms with Crippen molar-refractivity contribution in [3.8, 4) is 0 Å². The fraction of sp³-hybridized carbons (Fsp3) is 0.429. The van der Waals surface area contributed by atoms with Crippen LogP contribution >= 0.6 is 15.9 Å². The summed E-state index contributed by atoms with van der Waals surface area (Å²) in [5.74, 6) is 1.15. The lowest BCUT2D eigenvalue weighted by atomic mass is 10.00. The fourth-order valence-electron chi connectivity index (χ4n) is 2.13. The Morgan fingerprint density at radius 2 is 2.11 bits per heavy atom. The summed E-state index contributed by atoms with van der Waals surface area (Å²) in [5.41, 5.74) is 1.80. The van der Waals surface area contributed by atoms with Crippen LogP contribution in [0.2, 0.25) is 0 Å². The van der Waals surface area contributed by atoms with Gasteiger partial charge in [-0.05, 0) is 41.4 Å². The molecule has 0 fully saturated rings. The molecule has 1 aromatic carbocycles. The van der Waals surface area contributed by atoms with Gasteiger partial charge in [-0.3, -0.25) is 0 Å². The number of fused-ring (bicyclic) bond motifs is 1. The maximum absolute atomic E-state index is 13.5. The quantitative estimate of drug-likeness (QED) is 0.912. The molecular weight excluding hydrogens is 297 g/mol. The highest BCUT2D eigenvalue weighted by molar-refractivity contribution is 9.10. The van der Waals surface area contributed by atoms with Gasteiger partial charge in [0, 0.05) is 17.0 Å². The molecule has 1 heterocycles. The van der Waals surface area contributed by atoms with Gasteiger partial charge in [-0.25, -0.2) is 4.39 Å². The third-order valence-electron chi connectivity index (χ3n) is 2.87. The monoisotopic (exact) mass is 313 g/mol. The van der Waals surface area contributed by atoms with E-state index in [0.717, 1.165) is 17.6 Å². The average molecular weight is 314 g/mol. The Morgan fingerprint density at radius 3 is 2.72 bits per heavy atom. The highest BCUT2D eigenvalue weighted by Gasteiger charge is 2.16. The smallest absolute Gasteiger partial charge is 0.141 e. The second-order valence-electron chi connectivity index (χ2n) is 4.89. The van der Waals surface area contributed by atoms with Crippen molar-refractivity contribution in [2.75, 3.05) is 7.05 Å². The molecule has 98 valence electrons. The maximum atomic E-state index is 13.5. The second kappa shape index (κ2) is 5.41. The zero-order valence-corrected chi connectivity index (χ0v) is 12.4. The van der Waals surface area contributed by atoms with Crippen molar-refractivity contribution < 1.29 is 8.81 Å². The van der Waals surface area contributed by atoms with E-state index in [2.05, 4.69) is 35.1 Å². The topological polar surface area (TPSA) is 25.2 Å². The summed E-state index contributed by atoms with van der Waals surface area (Å²) in [7, 11) is 1.88. The van der Waals surface area contributed by atoms with Crippen molar-refractivity contribution in [2.24, 2.45) is 5.92 Å². The molecular formula is C14H17BrFNO. The number of halogens is 2. The first kappa shape index (κ1) is 13.6.